The van der Waals surface area contributed by atoms with Crippen LogP contribution in [-0.2, 0) is 16.0 Å². The number of thioether (sulfide) groups is 1. The van der Waals surface area contributed by atoms with Crippen LogP contribution in [0.5, 0.6) is 0 Å². The van der Waals surface area contributed by atoms with Crippen molar-refractivity contribution in [2.75, 3.05) is 18.7 Å². The Kier molecular flexibility index (Phi) is 5.85. The van der Waals surface area contributed by atoms with E-state index in [0.29, 0.717) is 10.6 Å². The summed E-state index contributed by atoms with van der Waals surface area (Å²) in [5.74, 6) is -0.570. The molecule has 0 saturated heterocycles. The third-order valence-electron chi connectivity index (χ3n) is 3.55. The van der Waals surface area contributed by atoms with Gasteiger partial charge in [0, 0.05) is 9.77 Å². The average molecular weight is 349 g/mol. The third kappa shape index (κ3) is 4.14. The standard InChI is InChI=1S/C17H19NO3S2/c1-10-11(2)23-16(15(10)17(20)21-3)18-14(19)9-12-5-7-13(22-4)8-6-12/h5-8H,9H2,1-4H3,(H,18,19). The molecule has 0 unspecified atom stereocenters. The van der Waals surface area contributed by atoms with Crippen LogP contribution in [0, 0.1) is 13.8 Å². The van der Waals surface area contributed by atoms with E-state index < -0.39 is 5.97 Å². The number of ether oxygens (including phenoxy) is 1. The maximum Gasteiger partial charge on any atom is 0.341 e. The number of hydrogen-bond donors (Lipinski definition) is 1. The zero-order valence-electron chi connectivity index (χ0n) is 13.6. The third-order valence-corrected chi connectivity index (χ3v) is 5.42. The molecule has 0 radical (unpaired) electrons. The highest BCUT2D eigenvalue weighted by atomic mass is 32.2. The van der Waals surface area contributed by atoms with Crippen molar-refractivity contribution in [2.24, 2.45) is 0 Å². The van der Waals surface area contributed by atoms with Gasteiger partial charge in [0.05, 0.1) is 19.1 Å². The Morgan fingerprint density at radius 2 is 1.87 bits per heavy atom. The summed E-state index contributed by atoms with van der Waals surface area (Å²) >= 11 is 3.05. The van der Waals surface area contributed by atoms with E-state index >= 15 is 0 Å². The molecule has 0 atom stereocenters. The van der Waals surface area contributed by atoms with Crippen molar-refractivity contribution in [3.8, 4) is 0 Å². The largest absolute Gasteiger partial charge is 0.465 e. The summed E-state index contributed by atoms with van der Waals surface area (Å²) in [4.78, 5) is 26.3. The molecule has 2 rings (SSSR count). The molecular formula is C17H19NO3S2. The summed E-state index contributed by atoms with van der Waals surface area (Å²) in [7, 11) is 1.34. The van der Waals surface area contributed by atoms with Crippen molar-refractivity contribution in [2.45, 2.75) is 25.2 Å². The predicted octanol–water partition coefficient (Wildman–Crippen LogP) is 4.05. The molecule has 6 heteroatoms. The van der Waals surface area contributed by atoms with Crippen LogP contribution in [-0.4, -0.2) is 25.2 Å². The predicted molar refractivity (Wildman–Crippen MR) is 95.7 cm³/mol. The summed E-state index contributed by atoms with van der Waals surface area (Å²) in [5, 5.41) is 3.39. The number of nitrogens with one attached hydrogen (secondary N) is 1. The molecule has 0 spiro atoms. The molecule has 0 aliphatic heterocycles. The average Bonchev–Trinajstić information content (AvgIpc) is 2.81. The minimum atomic E-state index is -0.425. The fourth-order valence-corrected chi connectivity index (χ4v) is 3.64. The first-order valence-electron chi connectivity index (χ1n) is 7.07. The molecule has 1 aromatic heterocycles. The van der Waals surface area contributed by atoms with E-state index in [1.165, 1.54) is 18.4 Å². The lowest BCUT2D eigenvalue weighted by atomic mass is 10.1. The molecule has 2 aromatic rings. The Bertz CT molecular complexity index is 720. The van der Waals surface area contributed by atoms with Gasteiger partial charge in [0.1, 0.15) is 5.00 Å². The summed E-state index contributed by atoms with van der Waals surface area (Å²) in [6, 6.07) is 7.87. The van der Waals surface area contributed by atoms with Crippen molar-refractivity contribution in [3.63, 3.8) is 0 Å². The van der Waals surface area contributed by atoms with Gasteiger partial charge in [0.2, 0.25) is 5.91 Å². The van der Waals surface area contributed by atoms with Crippen molar-refractivity contribution < 1.29 is 14.3 Å². The van der Waals surface area contributed by atoms with Gasteiger partial charge >= 0.3 is 5.97 Å². The number of carbonyl (C=O) groups excluding carboxylic acids is 2. The zero-order valence-corrected chi connectivity index (χ0v) is 15.2. The van der Waals surface area contributed by atoms with Crippen LogP contribution < -0.4 is 5.32 Å². The SMILES string of the molecule is COC(=O)c1c(NC(=O)Cc2ccc(SC)cc2)sc(C)c1C. The Hall–Kier alpha value is -1.79. The monoisotopic (exact) mass is 349 g/mol. The van der Waals surface area contributed by atoms with Crippen molar-refractivity contribution in [3.05, 3.63) is 45.8 Å². The van der Waals surface area contributed by atoms with Crippen LogP contribution in [0.25, 0.3) is 0 Å². The maximum absolute atomic E-state index is 12.3. The normalized spacial score (nSPS) is 10.4. The zero-order chi connectivity index (χ0) is 17.0. The number of hydrogen-bond acceptors (Lipinski definition) is 5. The molecule has 0 saturated carbocycles. The van der Waals surface area contributed by atoms with E-state index in [2.05, 4.69) is 5.32 Å². The summed E-state index contributed by atoms with van der Waals surface area (Å²) in [5.41, 5.74) is 2.23. The van der Waals surface area contributed by atoms with Gasteiger partial charge in [-0.15, -0.1) is 23.1 Å². The number of methoxy groups -OCH3 is 1. The lowest BCUT2D eigenvalue weighted by Crippen LogP contribution is -2.16. The molecule has 122 valence electrons. The van der Waals surface area contributed by atoms with E-state index in [-0.39, 0.29) is 12.3 Å². The Morgan fingerprint density at radius 1 is 1.22 bits per heavy atom. The first kappa shape index (κ1) is 17.6. The smallest absolute Gasteiger partial charge is 0.341 e. The quantitative estimate of drug-likeness (QED) is 0.653. The number of benzene rings is 1. The first-order chi connectivity index (χ1) is 11.0. The molecule has 1 heterocycles. The molecule has 1 amide bonds. The minimum absolute atomic E-state index is 0.145. The summed E-state index contributed by atoms with van der Waals surface area (Å²) in [6.07, 6.45) is 2.28. The van der Waals surface area contributed by atoms with Gasteiger partial charge in [-0.3, -0.25) is 4.79 Å². The highest BCUT2D eigenvalue weighted by Gasteiger charge is 2.21. The lowest BCUT2D eigenvalue weighted by molar-refractivity contribution is -0.115. The van der Waals surface area contributed by atoms with E-state index in [1.54, 1.807) is 11.8 Å². The molecule has 0 fully saturated rings. The van der Waals surface area contributed by atoms with Crippen LogP contribution in [0.2, 0.25) is 0 Å². The van der Waals surface area contributed by atoms with Gasteiger partial charge in [-0.1, -0.05) is 12.1 Å². The van der Waals surface area contributed by atoms with Crippen LogP contribution >= 0.6 is 23.1 Å². The van der Waals surface area contributed by atoms with Gasteiger partial charge in [-0.2, -0.15) is 0 Å². The Balaban J connectivity index is 2.13. The fraction of sp³-hybridized carbons (Fsp3) is 0.294. The topological polar surface area (TPSA) is 55.4 Å². The van der Waals surface area contributed by atoms with Crippen LogP contribution in [0.3, 0.4) is 0 Å². The number of thiophene rings is 1. The second-order valence-corrected chi connectivity index (χ2v) is 7.16. The summed E-state index contributed by atoms with van der Waals surface area (Å²) in [6.45, 7) is 3.78. The fourth-order valence-electron chi connectivity index (χ4n) is 2.16. The Labute approximate surface area is 144 Å². The van der Waals surface area contributed by atoms with Crippen molar-refractivity contribution >= 4 is 40.0 Å². The van der Waals surface area contributed by atoms with Crippen LogP contribution in [0.15, 0.2) is 29.2 Å². The number of esters is 1. The summed E-state index contributed by atoms with van der Waals surface area (Å²) < 4.78 is 4.81. The molecule has 0 aliphatic rings. The molecule has 1 aromatic carbocycles. The van der Waals surface area contributed by atoms with Crippen molar-refractivity contribution in [1.82, 2.24) is 0 Å². The van der Waals surface area contributed by atoms with E-state index in [0.717, 1.165) is 20.9 Å². The van der Waals surface area contributed by atoms with Gasteiger partial charge < -0.3 is 10.1 Å². The van der Waals surface area contributed by atoms with E-state index in [9.17, 15) is 9.59 Å². The second-order valence-electron chi connectivity index (χ2n) is 5.05. The number of rotatable bonds is 5. The van der Waals surface area contributed by atoms with Crippen molar-refractivity contribution in [1.29, 1.82) is 0 Å². The number of amides is 1. The molecular weight excluding hydrogens is 330 g/mol. The number of anilines is 1. The van der Waals surface area contributed by atoms with Gasteiger partial charge in [0.15, 0.2) is 0 Å². The van der Waals surface area contributed by atoms with Gasteiger partial charge in [-0.25, -0.2) is 4.79 Å². The molecule has 4 nitrogen and oxygen atoms in total. The highest BCUT2D eigenvalue weighted by molar-refractivity contribution is 7.98. The van der Waals surface area contributed by atoms with Crippen LogP contribution in [0.4, 0.5) is 5.00 Å². The first-order valence-corrected chi connectivity index (χ1v) is 9.11. The number of carbonyl (C=O) groups is 2. The second kappa shape index (κ2) is 7.66. The molecule has 0 bridgehead atoms. The lowest BCUT2D eigenvalue weighted by Gasteiger charge is -2.07. The highest BCUT2D eigenvalue weighted by Crippen LogP contribution is 2.33. The molecule has 0 aliphatic carbocycles. The van der Waals surface area contributed by atoms with Gasteiger partial charge in [-0.05, 0) is 43.4 Å². The molecule has 1 N–H and O–H groups in total. The molecule has 23 heavy (non-hydrogen) atoms. The van der Waals surface area contributed by atoms with Crippen LogP contribution in [0.1, 0.15) is 26.4 Å². The Morgan fingerprint density at radius 3 is 2.43 bits per heavy atom. The number of aryl methyl sites for hydroxylation is 1. The minimum Gasteiger partial charge on any atom is -0.465 e. The maximum atomic E-state index is 12.3. The van der Waals surface area contributed by atoms with Gasteiger partial charge in [0.25, 0.3) is 0 Å². The van der Waals surface area contributed by atoms with E-state index in [4.69, 9.17) is 4.74 Å². The van der Waals surface area contributed by atoms with E-state index in [1.807, 2.05) is 44.4 Å².